The number of nitrogens with one attached hydrogen (secondary N) is 1. The van der Waals surface area contributed by atoms with E-state index in [1.165, 1.54) is 24.8 Å². The van der Waals surface area contributed by atoms with Gasteiger partial charge in [-0.1, -0.05) is 75.2 Å². The van der Waals surface area contributed by atoms with Crippen LogP contribution < -0.4 is 5.32 Å². The van der Waals surface area contributed by atoms with Crippen LogP contribution in [-0.4, -0.2) is 16.8 Å². The van der Waals surface area contributed by atoms with E-state index in [4.69, 9.17) is 0 Å². The van der Waals surface area contributed by atoms with Gasteiger partial charge in [-0.3, -0.25) is 10.1 Å². The van der Waals surface area contributed by atoms with Gasteiger partial charge in [0.25, 0.3) is 5.91 Å². The Balaban J connectivity index is 0.00000210. The SMILES string of the molecule is CC1CCCC(NC2c3ccccc3C(=O)N2Cc2ccccc2)C1C.Cl. The van der Waals surface area contributed by atoms with Crippen LogP contribution in [0.3, 0.4) is 0 Å². The van der Waals surface area contributed by atoms with Gasteiger partial charge in [0.05, 0.1) is 0 Å². The molecule has 1 aliphatic carbocycles. The van der Waals surface area contributed by atoms with E-state index >= 15 is 0 Å². The maximum absolute atomic E-state index is 13.1. The van der Waals surface area contributed by atoms with Crippen LogP contribution in [0.15, 0.2) is 54.6 Å². The third-order valence-corrected chi connectivity index (χ3v) is 6.33. The van der Waals surface area contributed by atoms with Crippen LogP contribution in [0.2, 0.25) is 0 Å². The lowest BCUT2D eigenvalue weighted by Gasteiger charge is -2.38. The van der Waals surface area contributed by atoms with Gasteiger partial charge in [0, 0.05) is 23.7 Å². The number of nitrogens with zero attached hydrogens (tertiary/aromatic N) is 1. The van der Waals surface area contributed by atoms with E-state index in [9.17, 15) is 4.79 Å². The molecule has 2 aromatic rings. The van der Waals surface area contributed by atoms with E-state index in [-0.39, 0.29) is 24.5 Å². The average Bonchev–Trinajstić information content (AvgIpc) is 2.92. The van der Waals surface area contributed by atoms with Gasteiger partial charge in [-0.15, -0.1) is 12.4 Å². The smallest absolute Gasteiger partial charge is 0.256 e. The van der Waals surface area contributed by atoms with Crippen molar-refractivity contribution in [1.29, 1.82) is 0 Å². The van der Waals surface area contributed by atoms with E-state index in [2.05, 4.69) is 37.4 Å². The number of hydrogen-bond acceptors (Lipinski definition) is 2. The van der Waals surface area contributed by atoms with Gasteiger partial charge >= 0.3 is 0 Å². The zero-order valence-corrected chi connectivity index (χ0v) is 16.9. The number of rotatable bonds is 4. The van der Waals surface area contributed by atoms with E-state index < -0.39 is 0 Å². The molecule has 1 aliphatic heterocycles. The topological polar surface area (TPSA) is 32.3 Å². The van der Waals surface area contributed by atoms with Crippen LogP contribution in [0.1, 0.15) is 60.8 Å². The van der Waals surface area contributed by atoms with Crippen LogP contribution in [0.25, 0.3) is 0 Å². The first-order valence-corrected chi connectivity index (χ1v) is 9.85. The first-order valence-electron chi connectivity index (χ1n) is 9.85. The molecule has 0 radical (unpaired) electrons. The molecule has 2 aliphatic rings. The second-order valence-corrected chi connectivity index (χ2v) is 7.95. The molecule has 0 bridgehead atoms. The molecular weight excluding hydrogens is 356 g/mol. The Morgan fingerprint density at radius 1 is 1.00 bits per heavy atom. The lowest BCUT2D eigenvalue weighted by Crippen LogP contribution is -2.46. The first kappa shape index (κ1) is 19.9. The molecular formula is C23H29ClN2O. The van der Waals surface area contributed by atoms with E-state index in [0.717, 1.165) is 17.0 Å². The summed E-state index contributed by atoms with van der Waals surface area (Å²) in [6.45, 7) is 5.35. The number of halogens is 1. The Bertz CT molecular complexity index is 779. The third kappa shape index (κ3) is 3.90. The molecule has 4 rings (SSSR count). The minimum Gasteiger partial charge on any atom is -0.315 e. The van der Waals surface area contributed by atoms with E-state index in [1.54, 1.807) is 0 Å². The summed E-state index contributed by atoms with van der Waals surface area (Å²) in [6.07, 6.45) is 3.74. The van der Waals surface area contributed by atoms with E-state index in [0.29, 0.717) is 18.5 Å². The minimum atomic E-state index is -0.0309. The zero-order valence-electron chi connectivity index (χ0n) is 16.1. The molecule has 2 aromatic carbocycles. The largest absolute Gasteiger partial charge is 0.315 e. The summed E-state index contributed by atoms with van der Waals surface area (Å²) in [4.78, 5) is 15.1. The van der Waals surface area contributed by atoms with Gasteiger partial charge in [0.2, 0.25) is 0 Å². The van der Waals surface area contributed by atoms with Crippen LogP contribution >= 0.6 is 12.4 Å². The second-order valence-electron chi connectivity index (χ2n) is 7.95. The Morgan fingerprint density at radius 2 is 1.70 bits per heavy atom. The van der Waals surface area contributed by atoms with Crippen molar-refractivity contribution in [3.63, 3.8) is 0 Å². The molecule has 1 fully saturated rings. The van der Waals surface area contributed by atoms with Crippen molar-refractivity contribution in [2.45, 2.75) is 51.9 Å². The normalized spacial score (nSPS) is 27.2. The predicted molar refractivity (Wildman–Crippen MR) is 112 cm³/mol. The standard InChI is InChI=1S/C23H28N2O.ClH/c1-16-9-8-14-21(17(16)2)24-22-19-12-6-7-13-20(19)23(26)25(22)15-18-10-4-3-5-11-18;/h3-7,10-13,16-17,21-22,24H,8-9,14-15H2,1-2H3;1H. The van der Waals surface area contributed by atoms with Crippen molar-refractivity contribution in [3.8, 4) is 0 Å². The molecule has 1 N–H and O–H groups in total. The number of fused-ring (bicyclic) bond motifs is 1. The summed E-state index contributed by atoms with van der Waals surface area (Å²) >= 11 is 0. The molecule has 144 valence electrons. The fraction of sp³-hybridized carbons (Fsp3) is 0.435. The molecule has 0 saturated heterocycles. The molecule has 4 unspecified atom stereocenters. The zero-order chi connectivity index (χ0) is 18.1. The number of amides is 1. The fourth-order valence-corrected chi connectivity index (χ4v) is 4.51. The van der Waals surface area contributed by atoms with E-state index in [1.807, 2.05) is 41.3 Å². The highest BCUT2D eigenvalue weighted by atomic mass is 35.5. The Hall–Kier alpha value is -1.84. The summed E-state index contributed by atoms with van der Waals surface area (Å²) in [5, 5.41) is 3.86. The highest BCUT2D eigenvalue weighted by Gasteiger charge is 2.39. The number of benzene rings is 2. The second kappa shape index (κ2) is 8.45. The summed E-state index contributed by atoms with van der Waals surface area (Å²) in [5.41, 5.74) is 3.14. The van der Waals surface area contributed by atoms with Crippen molar-refractivity contribution in [2.75, 3.05) is 0 Å². The van der Waals surface area contributed by atoms with Gasteiger partial charge in [0.15, 0.2) is 0 Å². The lowest BCUT2D eigenvalue weighted by atomic mass is 9.78. The van der Waals surface area contributed by atoms with Crippen LogP contribution in [-0.2, 0) is 6.54 Å². The maximum Gasteiger partial charge on any atom is 0.256 e. The quantitative estimate of drug-likeness (QED) is 0.787. The first-order chi connectivity index (χ1) is 12.6. The maximum atomic E-state index is 13.1. The molecule has 1 amide bonds. The van der Waals surface area contributed by atoms with Crippen LogP contribution in [0.4, 0.5) is 0 Å². The Labute approximate surface area is 168 Å². The fourth-order valence-electron chi connectivity index (χ4n) is 4.51. The van der Waals surface area contributed by atoms with Crippen molar-refractivity contribution in [1.82, 2.24) is 10.2 Å². The summed E-state index contributed by atoms with van der Waals surface area (Å²) in [5.74, 6) is 1.50. The van der Waals surface area contributed by atoms with Gasteiger partial charge < -0.3 is 4.90 Å². The average molecular weight is 385 g/mol. The minimum absolute atomic E-state index is 0. The predicted octanol–water partition coefficient (Wildman–Crippen LogP) is 5.18. The molecule has 3 nitrogen and oxygen atoms in total. The monoisotopic (exact) mass is 384 g/mol. The molecule has 1 saturated carbocycles. The Kier molecular flexibility index (Phi) is 6.23. The van der Waals surface area contributed by atoms with Crippen LogP contribution in [0, 0.1) is 11.8 Å². The molecule has 0 spiro atoms. The number of carbonyl (C=O) groups is 1. The highest BCUT2D eigenvalue weighted by molar-refractivity contribution is 5.99. The van der Waals surface area contributed by atoms with Gasteiger partial charge in [-0.25, -0.2) is 0 Å². The summed E-state index contributed by atoms with van der Waals surface area (Å²) < 4.78 is 0. The molecule has 1 heterocycles. The molecule has 0 aromatic heterocycles. The van der Waals surface area contributed by atoms with Gasteiger partial charge in [-0.2, -0.15) is 0 Å². The summed E-state index contributed by atoms with van der Waals surface area (Å²) in [7, 11) is 0. The number of hydrogen-bond donors (Lipinski definition) is 1. The lowest BCUT2D eigenvalue weighted by molar-refractivity contribution is 0.0623. The molecule has 4 atom stereocenters. The third-order valence-electron chi connectivity index (χ3n) is 6.33. The highest BCUT2D eigenvalue weighted by Crippen LogP contribution is 2.36. The number of carbonyl (C=O) groups excluding carboxylic acids is 1. The molecule has 4 heteroatoms. The van der Waals surface area contributed by atoms with Crippen molar-refractivity contribution in [2.24, 2.45) is 11.8 Å². The molecule has 27 heavy (non-hydrogen) atoms. The van der Waals surface area contributed by atoms with Gasteiger partial charge in [-0.05, 0) is 29.9 Å². The van der Waals surface area contributed by atoms with Crippen molar-refractivity contribution < 1.29 is 4.79 Å². The Morgan fingerprint density at radius 3 is 2.48 bits per heavy atom. The van der Waals surface area contributed by atoms with Crippen molar-refractivity contribution >= 4 is 18.3 Å². The van der Waals surface area contributed by atoms with Crippen LogP contribution in [0.5, 0.6) is 0 Å². The summed E-state index contributed by atoms with van der Waals surface area (Å²) in [6, 6.07) is 18.8. The van der Waals surface area contributed by atoms with Gasteiger partial charge in [0.1, 0.15) is 6.17 Å². The van der Waals surface area contributed by atoms with Crippen molar-refractivity contribution in [3.05, 3.63) is 71.3 Å².